The van der Waals surface area contributed by atoms with E-state index in [0.29, 0.717) is 17.5 Å². The molecule has 58 heavy (non-hydrogen) atoms. The summed E-state index contributed by atoms with van der Waals surface area (Å²) in [7, 11) is 0. The lowest BCUT2D eigenvalue weighted by molar-refractivity contribution is 0.662. The third kappa shape index (κ3) is 5.56. The molecule has 0 fully saturated rings. The van der Waals surface area contributed by atoms with Crippen LogP contribution in [0, 0.1) is 0 Å². The third-order valence-electron chi connectivity index (χ3n) is 11.7. The predicted octanol–water partition coefficient (Wildman–Crippen LogP) is 14.1. The molecule has 1 aliphatic carbocycles. The molecule has 2 aromatic heterocycles. The quantitative estimate of drug-likeness (QED) is 0.170. The van der Waals surface area contributed by atoms with Gasteiger partial charge in [0.15, 0.2) is 17.5 Å². The fourth-order valence-corrected chi connectivity index (χ4v) is 8.97. The monoisotopic (exact) mass is 743 g/mol. The summed E-state index contributed by atoms with van der Waals surface area (Å²) in [4.78, 5) is 15.2. The van der Waals surface area contributed by atoms with E-state index in [9.17, 15) is 0 Å². The van der Waals surface area contributed by atoms with Crippen LogP contribution in [0.2, 0.25) is 0 Å². The number of benzene rings is 8. The number of hydrogen-bond acceptors (Lipinski definition) is 4. The molecule has 0 bridgehead atoms. The maximum absolute atomic E-state index is 6.49. The van der Waals surface area contributed by atoms with Gasteiger partial charge >= 0.3 is 0 Å². The van der Waals surface area contributed by atoms with Crippen molar-refractivity contribution in [2.75, 3.05) is 0 Å². The van der Waals surface area contributed by atoms with Crippen LogP contribution >= 0.6 is 0 Å². The van der Waals surface area contributed by atoms with E-state index < -0.39 is 0 Å². The molecule has 10 aromatic rings. The summed E-state index contributed by atoms with van der Waals surface area (Å²) >= 11 is 0. The van der Waals surface area contributed by atoms with Crippen molar-refractivity contribution in [3.63, 3.8) is 0 Å². The van der Waals surface area contributed by atoms with Gasteiger partial charge in [0.2, 0.25) is 0 Å². The molecule has 2 heterocycles. The molecular weight excluding hydrogens is 707 g/mol. The van der Waals surface area contributed by atoms with Crippen molar-refractivity contribution in [3.8, 4) is 78.7 Å². The first-order valence-electron chi connectivity index (χ1n) is 19.8. The van der Waals surface area contributed by atoms with Gasteiger partial charge in [-0.25, -0.2) is 15.0 Å². The maximum Gasteiger partial charge on any atom is 0.164 e. The number of aromatic nitrogens is 3. The highest BCUT2D eigenvalue weighted by molar-refractivity contribution is 6.13. The molecule has 0 aliphatic heterocycles. The largest absolute Gasteiger partial charge is 0.456 e. The van der Waals surface area contributed by atoms with E-state index in [0.717, 1.165) is 60.9 Å². The van der Waals surface area contributed by atoms with E-state index in [4.69, 9.17) is 19.4 Å². The van der Waals surface area contributed by atoms with Crippen molar-refractivity contribution >= 4 is 21.9 Å². The molecule has 0 amide bonds. The van der Waals surface area contributed by atoms with Crippen molar-refractivity contribution in [2.45, 2.75) is 19.3 Å². The minimum Gasteiger partial charge on any atom is -0.456 e. The van der Waals surface area contributed by atoms with E-state index in [2.05, 4.69) is 159 Å². The van der Waals surface area contributed by atoms with Crippen LogP contribution in [0.3, 0.4) is 0 Å². The molecule has 0 N–H and O–H groups in total. The minimum absolute atomic E-state index is 0.106. The zero-order valence-corrected chi connectivity index (χ0v) is 32.1. The summed E-state index contributed by atoms with van der Waals surface area (Å²) in [6, 6.07) is 66.1. The highest BCUT2D eigenvalue weighted by Gasteiger charge is 2.37. The normalized spacial score (nSPS) is 12.8. The fraction of sp³-hybridized carbons (Fsp3) is 0.0556. The highest BCUT2D eigenvalue weighted by atomic mass is 16.3. The lowest BCUT2D eigenvalue weighted by Crippen LogP contribution is -2.16. The number of hydrogen-bond donors (Lipinski definition) is 0. The van der Waals surface area contributed by atoms with Crippen molar-refractivity contribution < 1.29 is 4.42 Å². The second kappa shape index (κ2) is 13.4. The van der Waals surface area contributed by atoms with Gasteiger partial charge in [-0.1, -0.05) is 172 Å². The van der Waals surface area contributed by atoms with E-state index in [1.165, 1.54) is 33.4 Å². The van der Waals surface area contributed by atoms with Gasteiger partial charge in [0.1, 0.15) is 11.2 Å². The van der Waals surface area contributed by atoms with Gasteiger partial charge < -0.3 is 4.42 Å². The molecule has 8 aromatic carbocycles. The van der Waals surface area contributed by atoms with E-state index in [1.807, 2.05) is 42.5 Å². The summed E-state index contributed by atoms with van der Waals surface area (Å²) < 4.78 is 6.49. The van der Waals surface area contributed by atoms with Gasteiger partial charge in [-0.3, -0.25) is 0 Å². The second-order valence-electron chi connectivity index (χ2n) is 15.6. The lowest BCUT2D eigenvalue weighted by Gasteiger charge is -2.24. The summed E-state index contributed by atoms with van der Waals surface area (Å²) in [6.07, 6.45) is 0. The van der Waals surface area contributed by atoms with Crippen molar-refractivity contribution in [1.82, 2.24) is 15.0 Å². The van der Waals surface area contributed by atoms with Gasteiger partial charge in [0, 0.05) is 32.9 Å². The Morgan fingerprint density at radius 2 is 0.879 bits per heavy atom. The average Bonchev–Trinajstić information content (AvgIpc) is 3.78. The van der Waals surface area contributed by atoms with Crippen LogP contribution in [0.4, 0.5) is 0 Å². The topological polar surface area (TPSA) is 51.8 Å². The molecule has 0 atom stereocenters. The maximum atomic E-state index is 6.49. The first kappa shape index (κ1) is 33.9. The van der Waals surface area contributed by atoms with Crippen LogP contribution in [0.5, 0.6) is 0 Å². The average molecular weight is 744 g/mol. The lowest BCUT2D eigenvalue weighted by atomic mass is 9.78. The summed E-state index contributed by atoms with van der Waals surface area (Å²) in [5, 5.41) is 2.15. The standard InChI is InChI=1S/C54H37N3O/c1-54(2)46-27-10-9-23-43(46)44-26-13-25-42(50(44)54)38-21-11-19-36(31-38)37-20-12-22-39(32-37)52-55-51(35-17-7-4-8-18-35)56-53(57-52)40-29-30-45-48(33-40)58-47-28-14-24-41(49(45)47)34-15-5-3-6-16-34/h3-33H,1-2H3. The van der Waals surface area contributed by atoms with Gasteiger partial charge in [0.05, 0.1) is 0 Å². The zero-order chi connectivity index (χ0) is 38.8. The summed E-state index contributed by atoms with van der Waals surface area (Å²) in [5.41, 5.74) is 16.6. The molecule has 0 saturated carbocycles. The predicted molar refractivity (Wildman–Crippen MR) is 237 cm³/mol. The van der Waals surface area contributed by atoms with Gasteiger partial charge in [-0.15, -0.1) is 0 Å². The van der Waals surface area contributed by atoms with Crippen LogP contribution in [0.15, 0.2) is 192 Å². The summed E-state index contributed by atoms with van der Waals surface area (Å²) in [6.45, 7) is 4.69. The zero-order valence-electron chi connectivity index (χ0n) is 32.1. The summed E-state index contributed by atoms with van der Waals surface area (Å²) in [5.74, 6) is 1.81. The van der Waals surface area contributed by atoms with E-state index in [1.54, 1.807) is 0 Å². The first-order valence-corrected chi connectivity index (χ1v) is 19.8. The Labute approximate surface area is 337 Å². The van der Waals surface area contributed by atoms with Gasteiger partial charge in [-0.05, 0) is 86.0 Å². The Kier molecular flexibility index (Phi) is 7.80. The molecule has 4 nitrogen and oxygen atoms in total. The Hall–Kier alpha value is -7.43. The van der Waals surface area contributed by atoms with Crippen LogP contribution < -0.4 is 0 Å². The van der Waals surface area contributed by atoms with Gasteiger partial charge in [0.25, 0.3) is 0 Å². The van der Waals surface area contributed by atoms with Crippen LogP contribution in [-0.2, 0) is 5.41 Å². The molecule has 11 rings (SSSR count). The number of nitrogens with zero attached hydrogens (tertiary/aromatic N) is 3. The second-order valence-corrected chi connectivity index (χ2v) is 15.6. The Morgan fingerprint density at radius 3 is 1.64 bits per heavy atom. The minimum atomic E-state index is -0.106. The molecule has 0 radical (unpaired) electrons. The number of rotatable bonds is 6. The highest BCUT2D eigenvalue weighted by Crippen LogP contribution is 2.52. The Morgan fingerprint density at radius 1 is 0.362 bits per heavy atom. The fourth-order valence-electron chi connectivity index (χ4n) is 8.97. The molecule has 4 heteroatoms. The molecule has 0 spiro atoms. The van der Waals surface area contributed by atoms with Crippen LogP contribution in [-0.4, -0.2) is 15.0 Å². The van der Waals surface area contributed by atoms with Crippen molar-refractivity contribution in [1.29, 1.82) is 0 Å². The van der Waals surface area contributed by atoms with Gasteiger partial charge in [-0.2, -0.15) is 0 Å². The SMILES string of the molecule is CC1(C)c2ccccc2-c2cccc(-c3cccc(-c4cccc(-c5nc(-c6ccccc6)nc(-c6ccc7c(c6)oc6cccc(-c8ccccc8)c67)n5)c4)c3)c21. The molecule has 1 aliphatic rings. The molecular formula is C54H37N3O. The molecule has 0 saturated heterocycles. The van der Waals surface area contributed by atoms with E-state index >= 15 is 0 Å². The number of furan rings is 1. The Balaban J connectivity index is 1.00. The molecule has 0 unspecified atom stereocenters. The van der Waals surface area contributed by atoms with Crippen LogP contribution in [0.25, 0.3) is 101 Å². The first-order chi connectivity index (χ1) is 28.5. The van der Waals surface area contributed by atoms with Crippen LogP contribution in [0.1, 0.15) is 25.0 Å². The molecule has 274 valence electrons. The van der Waals surface area contributed by atoms with Crippen molar-refractivity contribution in [2.24, 2.45) is 0 Å². The number of fused-ring (bicyclic) bond motifs is 6. The van der Waals surface area contributed by atoms with E-state index in [-0.39, 0.29) is 5.41 Å². The Bertz CT molecular complexity index is 3200. The van der Waals surface area contributed by atoms with Crippen molar-refractivity contribution in [3.05, 3.63) is 199 Å². The smallest absolute Gasteiger partial charge is 0.164 e. The third-order valence-corrected chi connectivity index (χ3v) is 11.7.